The molecule has 1 heterocycles. The van der Waals surface area contributed by atoms with Gasteiger partial charge in [0.1, 0.15) is 0 Å². The molecule has 1 aliphatic heterocycles. The van der Waals surface area contributed by atoms with E-state index in [9.17, 15) is 4.79 Å². The van der Waals surface area contributed by atoms with E-state index < -0.39 is 0 Å². The van der Waals surface area contributed by atoms with Gasteiger partial charge in [-0.15, -0.1) is 0 Å². The minimum absolute atomic E-state index is 0.117. The van der Waals surface area contributed by atoms with Crippen LogP contribution in [0.4, 0.5) is 0 Å². The van der Waals surface area contributed by atoms with Gasteiger partial charge in [0.15, 0.2) is 0 Å². The van der Waals surface area contributed by atoms with Crippen LogP contribution in [0.5, 0.6) is 0 Å². The third kappa shape index (κ3) is 3.69. The van der Waals surface area contributed by atoms with Gasteiger partial charge in [-0.25, -0.2) is 0 Å². The second-order valence-corrected chi connectivity index (χ2v) is 6.78. The van der Waals surface area contributed by atoms with Crippen LogP contribution >= 0.6 is 0 Å². The molecule has 0 bridgehead atoms. The molecule has 1 saturated carbocycles. The molecule has 3 N–H and O–H groups in total. The van der Waals surface area contributed by atoms with Crippen molar-refractivity contribution in [2.75, 3.05) is 20.1 Å². The fourth-order valence-electron chi connectivity index (χ4n) is 3.51. The Morgan fingerprint density at radius 1 is 1.16 bits per heavy atom. The van der Waals surface area contributed by atoms with Crippen LogP contribution in [-0.4, -0.2) is 43.0 Å². The molecule has 2 rings (SSSR count). The van der Waals surface area contributed by atoms with Crippen molar-refractivity contribution >= 4 is 5.91 Å². The Labute approximate surface area is 117 Å². The summed E-state index contributed by atoms with van der Waals surface area (Å²) < 4.78 is 0. The van der Waals surface area contributed by atoms with Gasteiger partial charge in [-0.2, -0.15) is 0 Å². The standard InChI is InChI=1S/C15H29N3O/c1-10-8-11(2)14(16)9-13(10)15(19)17-12-4-6-18(3)7-5-12/h10-14H,4-9,16H2,1-3H3,(H,17,19). The molecule has 0 radical (unpaired) electrons. The Kier molecular flexibility index (Phi) is 4.85. The molecular weight excluding hydrogens is 238 g/mol. The molecule has 19 heavy (non-hydrogen) atoms. The number of carbonyl (C=O) groups excluding carboxylic acids is 1. The van der Waals surface area contributed by atoms with Crippen LogP contribution in [0.15, 0.2) is 0 Å². The van der Waals surface area contributed by atoms with Gasteiger partial charge in [-0.3, -0.25) is 4.79 Å². The van der Waals surface area contributed by atoms with E-state index in [0.717, 1.165) is 38.8 Å². The number of hydrogen-bond donors (Lipinski definition) is 2. The highest BCUT2D eigenvalue weighted by atomic mass is 16.2. The van der Waals surface area contributed by atoms with Crippen molar-refractivity contribution in [3.8, 4) is 0 Å². The smallest absolute Gasteiger partial charge is 0.223 e. The number of likely N-dealkylation sites (tertiary alicyclic amines) is 1. The number of nitrogens with one attached hydrogen (secondary N) is 1. The van der Waals surface area contributed by atoms with Gasteiger partial charge in [0.2, 0.25) is 5.91 Å². The summed E-state index contributed by atoms with van der Waals surface area (Å²) >= 11 is 0. The maximum absolute atomic E-state index is 12.4. The van der Waals surface area contributed by atoms with E-state index in [1.54, 1.807) is 0 Å². The lowest BCUT2D eigenvalue weighted by Gasteiger charge is -2.37. The zero-order chi connectivity index (χ0) is 14.0. The van der Waals surface area contributed by atoms with Crippen LogP contribution in [0.25, 0.3) is 0 Å². The summed E-state index contributed by atoms with van der Waals surface area (Å²) in [6.45, 7) is 6.57. The number of rotatable bonds is 2. The van der Waals surface area contributed by atoms with Crippen molar-refractivity contribution in [1.82, 2.24) is 10.2 Å². The summed E-state index contributed by atoms with van der Waals surface area (Å²) in [5, 5.41) is 3.25. The fourth-order valence-corrected chi connectivity index (χ4v) is 3.51. The molecule has 110 valence electrons. The molecule has 1 saturated heterocycles. The van der Waals surface area contributed by atoms with E-state index in [2.05, 4.69) is 31.1 Å². The highest BCUT2D eigenvalue weighted by molar-refractivity contribution is 5.79. The van der Waals surface area contributed by atoms with Gasteiger partial charge in [-0.1, -0.05) is 13.8 Å². The van der Waals surface area contributed by atoms with Crippen molar-refractivity contribution < 1.29 is 4.79 Å². The number of carbonyl (C=O) groups is 1. The third-order valence-corrected chi connectivity index (χ3v) is 5.09. The lowest BCUT2D eigenvalue weighted by molar-refractivity contribution is -0.129. The largest absolute Gasteiger partial charge is 0.353 e. The van der Waals surface area contributed by atoms with Crippen LogP contribution in [0, 0.1) is 17.8 Å². The fraction of sp³-hybridized carbons (Fsp3) is 0.933. The molecular formula is C15H29N3O. The molecule has 1 aliphatic carbocycles. The number of amides is 1. The van der Waals surface area contributed by atoms with Gasteiger partial charge >= 0.3 is 0 Å². The monoisotopic (exact) mass is 267 g/mol. The number of nitrogens with zero attached hydrogens (tertiary/aromatic N) is 1. The van der Waals surface area contributed by atoms with E-state index in [4.69, 9.17) is 5.73 Å². The van der Waals surface area contributed by atoms with Gasteiger partial charge in [0.25, 0.3) is 0 Å². The van der Waals surface area contributed by atoms with Crippen LogP contribution in [0.3, 0.4) is 0 Å². The summed E-state index contributed by atoms with van der Waals surface area (Å²) in [6, 6.07) is 0.552. The summed E-state index contributed by atoms with van der Waals surface area (Å²) in [7, 11) is 2.14. The Morgan fingerprint density at radius 2 is 1.79 bits per heavy atom. The Morgan fingerprint density at radius 3 is 2.42 bits per heavy atom. The molecule has 0 aromatic heterocycles. The van der Waals surface area contributed by atoms with Crippen molar-refractivity contribution in [2.45, 2.75) is 51.6 Å². The topological polar surface area (TPSA) is 58.4 Å². The average molecular weight is 267 g/mol. The highest BCUT2D eigenvalue weighted by Gasteiger charge is 2.35. The minimum Gasteiger partial charge on any atom is -0.353 e. The maximum atomic E-state index is 12.4. The molecule has 4 atom stereocenters. The van der Waals surface area contributed by atoms with E-state index in [0.29, 0.717) is 17.9 Å². The average Bonchev–Trinajstić information content (AvgIpc) is 2.36. The first-order valence-electron chi connectivity index (χ1n) is 7.72. The van der Waals surface area contributed by atoms with Gasteiger partial charge < -0.3 is 16.0 Å². The second-order valence-electron chi connectivity index (χ2n) is 6.78. The number of piperidine rings is 1. The summed E-state index contributed by atoms with van der Waals surface area (Å²) in [5.74, 6) is 1.36. The lowest BCUT2D eigenvalue weighted by Crippen LogP contribution is -2.49. The molecule has 4 nitrogen and oxygen atoms in total. The third-order valence-electron chi connectivity index (χ3n) is 5.09. The zero-order valence-electron chi connectivity index (χ0n) is 12.6. The van der Waals surface area contributed by atoms with Crippen molar-refractivity contribution in [3.63, 3.8) is 0 Å². The van der Waals surface area contributed by atoms with Crippen LogP contribution in [-0.2, 0) is 4.79 Å². The first-order valence-corrected chi connectivity index (χ1v) is 7.72. The van der Waals surface area contributed by atoms with Crippen LogP contribution < -0.4 is 11.1 Å². The maximum Gasteiger partial charge on any atom is 0.223 e. The van der Waals surface area contributed by atoms with Crippen LogP contribution in [0.2, 0.25) is 0 Å². The van der Waals surface area contributed by atoms with E-state index in [1.165, 1.54) is 0 Å². The first kappa shape index (κ1) is 14.8. The number of nitrogens with two attached hydrogens (primary N) is 1. The Balaban J connectivity index is 1.85. The summed E-state index contributed by atoms with van der Waals surface area (Å²) in [6.07, 6.45) is 4.07. The van der Waals surface area contributed by atoms with Crippen molar-refractivity contribution in [3.05, 3.63) is 0 Å². The lowest BCUT2D eigenvalue weighted by atomic mass is 9.72. The molecule has 2 aliphatic rings. The predicted molar refractivity (Wildman–Crippen MR) is 77.7 cm³/mol. The zero-order valence-corrected chi connectivity index (χ0v) is 12.6. The van der Waals surface area contributed by atoms with Gasteiger partial charge in [-0.05, 0) is 57.7 Å². The molecule has 4 unspecified atom stereocenters. The molecule has 0 spiro atoms. The molecule has 2 fully saturated rings. The van der Waals surface area contributed by atoms with Crippen molar-refractivity contribution in [1.29, 1.82) is 0 Å². The Bertz CT molecular complexity index is 313. The first-order chi connectivity index (χ1) is 8.97. The number of hydrogen-bond acceptors (Lipinski definition) is 3. The summed E-state index contributed by atoms with van der Waals surface area (Å²) in [4.78, 5) is 14.8. The highest BCUT2D eigenvalue weighted by Crippen LogP contribution is 2.33. The molecule has 4 heteroatoms. The van der Waals surface area contributed by atoms with Gasteiger partial charge in [0.05, 0.1) is 0 Å². The predicted octanol–water partition coefficient (Wildman–Crippen LogP) is 1.21. The molecule has 0 aromatic rings. The van der Waals surface area contributed by atoms with E-state index in [1.807, 2.05) is 0 Å². The molecule has 0 aromatic carbocycles. The normalized spacial score (nSPS) is 38.1. The van der Waals surface area contributed by atoms with Gasteiger partial charge in [0, 0.05) is 18.0 Å². The van der Waals surface area contributed by atoms with Crippen molar-refractivity contribution in [2.24, 2.45) is 23.5 Å². The quantitative estimate of drug-likeness (QED) is 0.790. The van der Waals surface area contributed by atoms with Crippen LogP contribution in [0.1, 0.15) is 39.5 Å². The van der Waals surface area contributed by atoms with E-state index >= 15 is 0 Å². The SMILES string of the molecule is CC1CC(C)C(C(=O)NC2CCN(C)CC2)CC1N. The Hall–Kier alpha value is -0.610. The minimum atomic E-state index is 0.117. The summed E-state index contributed by atoms with van der Waals surface area (Å²) in [5.41, 5.74) is 6.13. The molecule has 1 amide bonds. The van der Waals surface area contributed by atoms with E-state index in [-0.39, 0.29) is 17.9 Å². The second kappa shape index (κ2) is 6.23.